The Kier molecular flexibility index (Phi) is 13.8. The molecule has 3 rings (SSSR count). The minimum Gasteiger partial charge on any atom is -0.508 e. The summed E-state index contributed by atoms with van der Waals surface area (Å²) in [5, 5.41) is 15.5. The molecule has 10 heteroatoms. The highest BCUT2D eigenvalue weighted by Crippen LogP contribution is 2.28. The third kappa shape index (κ3) is 12.5. The summed E-state index contributed by atoms with van der Waals surface area (Å²) < 4.78 is 11.3. The van der Waals surface area contributed by atoms with Gasteiger partial charge in [-0.1, -0.05) is 67.4 Å². The normalized spacial score (nSPS) is 13.8. The van der Waals surface area contributed by atoms with Crippen molar-refractivity contribution in [1.82, 2.24) is 15.5 Å². The molecular formula is C41H51N3O7. The quantitative estimate of drug-likeness (QED) is 0.142. The summed E-state index contributed by atoms with van der Waals surface area (Å²) in [6.07, 6.45) is 5.46. The molecule has 3 N–H and O–H groups in total. The number of nitrogens with zero attached hydrogens (tertiary/aromatic N) is 1. The van der Waals surface area contributed by atoms with Crippen molar-refractivity contribution >= 4 is 23.9 Å². The highest BCUT2D eigenvalue weighted by molar-refractivity contribution is 5.94. The second-order valence-corrected chi connectivity index (χ2v) is 14.5. The van der Waals surface area contributed by atoms with Gasteiger partial charge in [0.15, 0.2) is 0 Å². The van der Waals surface area contributed by atoms with Gasteiger partial charge in [-0.25, -0.2) is 9.59 Å². The van der Waals surface area contributed by atoms with E-state index in [2.05, 4.69) is 16.6 Å². The fourth-order valence-corrected chi connectivity index (χ4v) is 5.36. The molecule has 4 unspecified atom stereocenters. The van der Waals surface area contributed by atoms with Crippen molar-refractivity contribution in [2.75, 3.05) is 0 Å². The van der Waals surface area contributed by atoms with Gasteiger partial charge in [0.05, 0.1) is 0 Å². The fraction of sp³-hybridized carbons (Fsp3) is 0.415. The molecule has 0 radical (unpaired) electrons. The minimum atomic E-state index is -1.25. The van der Waals surface area contributed by atoms with Gasteiger partial charge >= 0.3 is 12.1 Å². The Labute approximate surface area is 301 Å². The zero-order valence-electron chi connectivity index (χ0n) is 30.9. The number of alkyl carbamates (subject to hydrolysis) is 1. The number of carbonyl (C=O) groups excluding carboxylic acids is 4. The molecule has 0 aliphatic carbocycles. The SMILES string of the molecule is C#Cc1ccc(C(C(=O)NC(Cc2ccccc2)C(=O)OC(C)(C)C)N(C(=O)C(Cc2ccc(O)cc2)NC(=O)OC(C)(C)C)C(C)CC)cc1. The van der Waals surface area contributed by atoms with Crippen LogP contribution >= 0.6 is 0 Å². The number of terminal acetylenes is 1. The van der Waals surface area contributed by atoms with Gasteiger partial charge in [0.2, 0.25) is 11.8 Å². The first-order valence-electron chi connectivity index (χ1n) is 17.1. The number of esters is 1. The van der Waals surface area contributed by atoms with Crippen LogP contribution in [0, 0.1) is 12.3 Å². The van der Waals surface area contributed by atoms with E-state index in [4.69, 9.17) is 15.9 Å². The number of phenolic OH excluding ortho intramolecular Hbond substituents is 1. The smallest absolute Gasteiger partial charge is 0.408 e. The van der Waals surface area contributed by atoms with Crippen molar-refractivity contribution < 1.29 is 33.8 Å². The molecule has 0 spiro atoms. The number of amides is 3. The third-order valence-electron chi connectivity index (χ3n) is 7.90. The maximum Gasteiger partial charge on any atom is 0.408 e. The Morgan fingerprint density at radius 1 is 0.784 bits per heavy atom. The molecule has 51 heavy (non-hydrogen) atoms. The molecule has 0 aliphatic rings. The summed E-state index contributed by atoms with van der Waals surface area (Å²) in [5.74, 6) is 0.818. The van der Waals surface area contributed by atoms with E-state index in [-0.39, 0.29) is 18.6 Å². The van der Waals surface area contributed by atoms with Crippen molar-refractivity contribution in [3.63, 3.8) is 0 Å². The first-order chi connectivity index (χ1) is 23.9. The van der Waals surface area contributed by atoms with Crippen molar-refractivity contribution in [3.8, 4) is 18.1 Å². The van der Waals surface area contributed by atoms with Gasteiger partial charge in [-0.2, -0.15) is 0 Å². The molecule has 3 amide bonds. The van der Waals surface area contributed by atoms with Gasteiger partial charge in [-0.15, -0.1) is 6.42 Å². The lowest BCUT2D eigenvalue weighted by Gasteiger charge is -2.39. The highest BCUT2D eigenvalue weighted by atomic mass is 16.6. The molecule has 0 saturated heterocycles. The number of hydrogen-bond acceptors (Lipinski definition) is 7. The van der Waals surface area contributed by atoms with Crippen molar-refractivity contribution in [2.45, 2.75) is 110 Å². The van der Waals surface area contributed by atoms with E-state index in [1.165, 1.54) is 17.0 Å². The van der Waals surface area contributed by atoms with Crippen LogP contribution in [-0.2, 0) is 36.7 Å². The van der Waals surface area contributed by atoms with Crippen LogP contribution in [-0.4, -0.2) is 63.2 Å². The Balaban J connectivity index is 2.14. The van der Waals surface area contributed by atoms with Gasteiger partial charge in [-0.3, -0.25) is 9.59 Å². The summed E-state index contributed by atoms with van der Waals surface area (Å²) in [7, 11) is 0. The van der Waals surface area contributed by atoms with Gasteiger partial charge < -0.3 is 30.1 Å². The van der Waals surface area contributed by atoms with Crippen LogP contribution in [0.1, 0.15) is 90.1 Å². The lowest BCUT2D eigenvalue weighted by molar-refractivity contribution is -0.159. The monoisotopic (exact) mass is 697 g/mol. The Hall–Kier alpha value is -5.30. The maximum absolute atomic E-state index is 14.9. The van der Waals surface area contributed by atoms with Crippen LogP contribution in [0.15, 0.2) is 78.9 Å². The molecule has 0 aromatic heterocycles. The zero-order chi connectivity index (χ0) is 37.9. The molecule has 0 heterocycles. The van der Waals surface area contributed by atoms with E-state index >= 15 is 0 Å². The Morgan fingerprint density at radius 3 is 1.86 bits per heavy atom. The number of aromatic hydroxyl groups is 1. The Bertz CT molecular complexity index is 1670. The number of hydrogen-bond donors (Lipinski definition) is 3. The summed E-state index contributed by atoms with van der Waals surface area (Å²) in [6.45, 7) is 14.1. The van der Waals surface area contributed by atoms with Crippen LogP contribution in [0.2, 0.25) is 0 Å². The van der Waals surface area contributed by atoms with Gasteiger partial charge in [-0.05, 0) is 95.8 Å². The van der Waals surface area contributed by atoms with E-state index in [0.29, 0.717) is 23.1 Å². The average Bonchev–Trinajstić information content (AvgIpc) is 3.05. The molecule has 0 fully saturated rings. The predicted molar refractivity (Wildman–Crippen MR) is 197 cm³/mol. The first-order valence-corrected chi connectivity index (χ1v) is 17.1. The number of phenols is 1. The van der Waals surface area contributed by atoms with Crippen LogP contribution < -0.4 is 10.6 Å². The second kappa shape index (κ2) is 17.6. The van der Waals surface area contributed by atoms with E-state index in [1.807, 2.05) is 44.2 Å². The number of carbonyl (C=O) groups is 4. The van der Waals surface area contributed by atoms with Crippen LogP contribution in [0.5, 0.6) is 5.75 Å². The number of nitrogens with one attached hydrogen (secondary N) is 2. The second-order valence-electron chi connectivity index (χ2n) is 14.5. The summed E-state index contributed by atoms with van der Waals surface area (Å²) in [6, 6.07) is 18.2. The molecule has 0 aliphatic heterocycles. The van der Waals surface area contributed by atoms with E-state index in [1.54, 1.807) is 77.9 Å². The van der Waals surface area contributed by atoms with Crippen LogP contribution in [0.4, 0.5) is 4.79 Å². The van der Waals surface area contributed by atoms with Crippen molar-refractivity contribution in [1.29, 1.82) is 0 Å². The molecule has 3 aromatic rings. The number of ether oxygens (including phenoxy) is 2. The van der Waals surface area contributed by atoms with Gasteiger partial charge in [0.25, 0.3) is 0 Å². The summed E-state index contributed by atoms with van der Waals surface area (Å²) in [4.78, 5) is 57.7. The maximum atomic E-state index is 14.9. The minimum absolute atomic E-state index is 0.0319. The largest absolute Gasteiger partial charge is 0.508 e. The molecule has 10 nitrogen and oxygen atoms in total. The molecule has 4 atom stereocenters. The topological polar surface area (TPSA) is 134 Å². The highest BCUT2D eigenvalue weighted by Gasteiger charge is 2.40. The number of benzene rings is 3. The fourth-order valence-electron chi connectivity index (χ4n) is 5.36. The summed E-state index contributed by atoms with van der Waals surface area (Å²) >= 11 is 0. The summed E-state index contributed by atoms with van der Waals surface area (Å²) in [5.41, 5.74) is 0.806. The number of rotatable bonds is 13. The van der Waals surface area contributed by atoms with E-state index in [9.17, 15) is 24.3 Å². The van der Waals surface area contributed by atoms with Crippen LogP contribution in [0.3, 0.4) is 0 Å². The molecular weight excluding hydrogens is 646 g/mol. The van der Waals surface area contributed by atoms with Gasteiger partial charge in [0, 0.05) is 24.4 Å². The standard InChI is InChI=1S/C41H51N3O7/c1-10-27(3)44(37(47)33(43-39(49)51-41(7,8)9)25-30-19-23-32(45)24-20-30)35(31-21-17-28(11-2)18-22-31)36(46)42-34(38(48)50-40(4,5)6)26-29-15-13-12-14-16-29/h2,12-24,27,33-35,45H,10,25-26H2,1,3-9H3,(H,42,46)(H,43,49). The Morgan fingerprint density at radius 2 is 1.33 bits per heavy atom. The molecule has 3 aromatic carbocycles. The third-order valence-corrected chi connectivity index (χ3v) is 7.90. The van der Waals surface area contributed by atoms with Crippen molar-refractivity contribution in [3.05, 3.63) is 101 Å². The van der Waals surface area contributed by atoms with Crippen LogP contribution in [0.25, 0.3) is 0 Å². The van der Waals surface area contributed by atoms with E-state index in [0.717, 1.165) is 5.56 Å². The zero-order valence-corrected chi connectivity index (χ0v) is 30.9. The lowest BCUT2D eigenvalue weighted by atomic mass is 9.96. The first kappa shape index (κ1) is 40.1. The van der Waals surface area contributed by atoms with Crippen molar-refractivity contribution in [2.24, 2.45) is 0 Å². The van der Waals surface area contributed by atoms with Gasteiger partial charge in [0.1, 0.15) is 35.1 Å². The predicted octanol–water partition coefficient (Wildman–Crippen LogP) is 6.25. The molecule has 0 bridgehead atoms. The van der Waals surface area contributed by atoms with E-state index < -0.39 is 59.2 Å². The molecule has 272 valence electrons. The molecule has 0 saturated carbocycles. The lowest BCUT2D eigenvalue weighted by Crippen LogP contribution is -2.57. The average molecular weight is 698 g/mol.